The molecule has 1 saturated carbocycles. The van der Waals surface area contributed by atoms with E-state index < -0.39 is 0 Å². The Kier molecular flexibility index (Phi) is 3.74. The standard InChI is InChI=1S/C20H26O2/c1-10(2)14-7-6-11(3)17-15(14)8-12(4)19(21)16-9-13(5)20(22)18(16)17/h8,10,13-15,17H,3,6-7,9H2,1-2,4-5H3/t13?,14-,15?,17?/m0/s1. The van der Waals surface area contributed by atoms with Gasteiger partial charge in [-0.15, -0.1) is 0 Å². The van der Waals surface area contributed by atoms with E-state index in [-0.39, 0.29) is 29.3 Å². The molecule has 4 atom stereocenters. The van der Waals surface area contributed by atoms with Gasteiger partial charge in [0.15, 0.2) is 11.6 Å². The van der Waals surface area contributed by atoms with E-state index in [4.69, 9.17) is 0 Å². The van der Waals surface area contributed by atoms with Crippen molar-refractivity contribution >= 4 is 11.6 Å². The number of ketones is 2. The highest BCUT2D eigenvalue weighted by Gasteiger charge is 2.46. The first-order valence-electron chi connectivity index (χ1n) is 8.51. The zero-order valence-corrected chi connectivity index (χ0v) is 14.1. The summed E-state index contributed by atoms with van der Waals surface area (Å²) in [6.07, 6.45) is 4.85. The van der Waals surface area contributed by atoms with Crippen LogP contribution in [0.3, 0.4) is 0 Å². The van der Waals surface area contributed by atoms with Crippen LogP contribution in [0.4, 0.5) is 0 Å². The predicted molar refractivity (Wildman–Crippen MR) is 88.3 cm³/mol. The minimum absolute atomic E-state index is 0.0484. The van der Waals surface area contributed by atoms with E-state index >= 15 is 0 Å². The maximum atomic E-state index is 12.7. The Morgan fingerprint density at radius 1 is 1.27 bits per heavy atom. The van der Waals surface area contributed by atoms with Gasteiger partial charge in [0, 0.05) is 23.0 Å². The van der Waals surface area contributed by atoms with Crippen LogP contribution in [-0.4, -0.2) is 11.6 Å². The molecule has 0 aromatic heterocycles. The van der Waals surface area contributed by atoms with E-state index in [0.29, 0.717) is 18.3 Å². The van der Waals surface area contributed by atoms with Gasteiger partial charge in [0.1, 0.15) is 0 Å². The molecule has 0 radical (unpaired) electrons. The molecule has 0 aromatic carbocycles. The quantitative estimate of drug-likeness (QED) is 0.677. The van der Waals surface area contributed by atoms with E-state index in [2.05, 4.69) is 26.5 Å². The summed E-state index contributed by atoms with van der Waals surface area (Å²) in [6.45, 7) is 12.6. The summed E-state index contributed by atoms with van der Waals surface area (Å²) in [4.78, 5) is 25.5. The highest BCUT2D eigenvalue weighted by molar-refractivity contribution is 6.17. The number of carbonyl (C=O) groups is 2. The molecule has 0 heterocycles. The van der Waals surface area contributed by atoms with E-state index in [0.717, 1.165) is 35.1 Å². The Morgan fingerprint density at radius 2 is 1.95 bits per heavy atom. The molecule has 0 spiro atoms. The molecule has 3 rings (SSSR count). The molecule has 1 fully saturated rings. The monoisotopic (exact) mass is 298 g/mol. The summed E-state index contributed by atoms with van der Waals surface area (Å²) in [5.41, 5.74) is 3.56. The van der Waals surface area contributed by atoms with Crippen molar-refractivity contribution in [1.82, 2.24) is 0 Å². The lowest BCUT2D eigenvalue weighted by molar-refractivity contribution is -0.118. The van der Waals surface area contributed by atoms with Crippen LogP contribution in [0.1, 0.15) is 47.0 Å². The molecular weight excluding hydrogens is 272 g/mol. The number of carbonyl (C=O) groups excluding carboxylic acids is 2. The molecule has 0 amide bonds. The summed E-state index contributed by atoms with van der Waals surface area (Å²) in [6, 6.07) is 0. The molecule has 3 aliphatic carbocycles. The fourth-order valence-electron chi connectivity index (χ4n) is 4.69. The van der Waals surface area contributed by atoms with Gasteiger partial charge in [-0.3, -0.25) is 9.59 Å². The number of hydrogen-bond donors (Lipinski definition) is 0. The summed E-state index contributed by atoms with van der Waals surface area (Å²) < 4.78 is 0. The van der Waals surface area contributed by atoms with Crippen molar-refractivity contribution in [3.8, 4) is 0 Å². The Bertz CT molecular complexity index is 618. The largest absolute Gasteiger partial charge is 0.294 e. The van der Waals surface area contributed by atoms with Gasteiger partial charge in [-0.05, 0) is 49.5 Å². The zero-order valence-electron chi connectivity index (χ0n) is 14.1. The molecule has 0 N–H and O–H groups in total. The lowest BCUT2D eigenvalue weighted by Crippen LogP contribution is -2.34. The fourth-order valence-corrected chi connectivity index (χ4v) is 4.69. The van der Waals surface area contributed by atoms with E-state index in [1.54, 1.807) is 0 Å². The molecule has 2 nitrogen and oxygen atoms in total. The maximum Gasteiger partial charge on any atom is 0.184 e. The lowest BCUT2D eigenvalue weighted by Gasteiger charge is -2.40. The van der Waals surface area contributed by atoms with Crippen LogP contribution in [-0.2, 0) is 9.59 Å². The van der Waals surface area contributed by atoms with Gasteiger partial charge in [-0.25, -0.2) is 0 Å². The van der Waals surface area contributed by atoms with Crippen LogP contribution in [0.25, 0.3) is 0 Å². The van der Waals surface area contributed by atoms with Crippen molar-refractivity contribution in [2.24, 2.45) is 29.6 Å². The minimum Gasteiger partial charge on any atom is -0.294 e. The highest BCUT2D eigenvalue weighted by atomic mass is 16.1. The second-order valence-electron chi connectivity index (χ2n) is 7.70. The third kappa shape index (κ3) is 2.15. The van der Waals surface area contributed by atoms with Crippen LogP contribution in [0.5, 0.6) is 0 Å². The first-order valence-corrected chi connectivity index (χ1v) is 8.51. The van der Waals surface area contributed by atoms with Gasteiger partial charge >= 0.3 is 0 Å². The third-order valence-corrected chi connectivity index (χ3v) is 5.91. The number of fused-ring (bicyclic) bond motifs is 2. The first-order chi connectivity index (χ1) is 10.3. The average Bonchev–Trinajstić information content (AvgIpc) is 2.68. The molecule has 0 bridgehead atoms. The third-order valence-electron chi connectivity index (χ3n) is 5.91. The van der Waals surface area contributed by atoms with E-state index in [1.165, 1.54) is 0 Å². The highest BCUT2D eigenvalue weighted by Crippen LogP contribution is 2.51. The Labute approximate surface area is 133 Å². The second kappa shape index (κ2) is 5.33. The first kappa shape index (κ1) is 15.5. The SMILES string of the molecule is C=C1CC[C@@H](C(C)C)C2C=C(C)C(=O)C3=C(C(=O)C(C)C3)C12. The Hall–Kier alpha value is -1.44. The van der Waals surface area contributed by atoms with Gasteiger partial charge < -0.3 is 0 Å². The van der Waals surface area contributed by atoms with Crippen LogP contribution < -0.4 is 0 Å². The maximum absolute atomic E-state index is 12.7. The van der Waals surface area contributed by atoms with Crippen LogP contribution in [0.15, 0.2) is 34.9 Å². The van der Waals surface area contributed by atoms with Crippen LogP contribution in [0.2, 0.25) is 0 Å². The smallest absolute Gasteiger partial charge is 0.184 e. The summed E-state index contributed by atoms with van der Waals surface area (Å²) >= 11 is 0. The van der Waals surface area contributed by atoms with Crippen molar-refractivity contribution in [3.63, 3.8) is 0 Å². The molecule has 3 aliphatic rings. The molecule has 0 aromatic rings. The normalized spacial score (nSPS) is 35.5. The van der Waals surface area contributed by atoms with Crippen molar-refractivity contribution < 1.29 is 9.59 Å². The number of hydrogen-bond acceptors (Lipinski definition) is 2. The van der Waals surface area contributed by atoms with Crippen molar-refractivity contribution in [1.29, 1.82) is 0 Å². The minimum atomic E-state index is -0.0484. The van der Waals surface area contributed by atoms with Crippen LogP contribution >= 0.6 is 0 Å². The van der Waals surface area contributed by atoms with Gasteiger partial charge in [0.05, 0.1) is 0 Å². The second-order valence-corrected chi connectivity index (χ2v) is 7.70. The Balaban J connectivity index is 2.17. The zero-order chi connectivity index (χ0) is 16.2. The van der Waals surface area contributed by atoms with Gasteiger partial charge in [0.25, 0.3) is 0 Å². The van der Waals surface area contributed by atoms with Gasteiger partial charge in [-0.2, -0.15) is 0 Å². The molecule has 0 saturated heterocycles. The van der Waals surface area contributed by atoms with Gasteiger partial charge in [-0.1, -0.05) is 39.0 Å². The van der Waals surface area contributed by atoms with Gasteiger partial charge in [0.2, 0.25) is 0 Å². The van der Waals surface area contributed by atoms with E-state index in [1.807, 2.05) is 13.8 Å². The van der Waals surface area contributed by atoms with Crippen molar-refractivity contribution in [2.75, 3.05) is 0 Å². The molecule has 22 heavy (non-hydrogen) atoms. The summed E-state index contributed by atoms with van der Waals surface area (Å²) in [5.74, 6) is 1.63. The van der Waals surface area contributed by atoms with E-state index in [9.17, 15) is 9.59 Å². The number of allylic oxidation sites excluding steroid dienone is 5. The number of rotatable bonds is 1. The molecule has 118 valence electrons. The Morgan fingerprint density at radius 3 is 2.59 bits per heavy atom. The summed E-state index contributed by atoms with van der Waals surface area (Å²) in [5, 5.41) is 0. The summed E-state index contributed by atoms with van der Waals surface area (Å²) in [7, 11) is 0. The molecule has 0 aliphatic heterocycles. The predicted octanol–water partition coefficient (Wildman–Crippen LogP) is 4.28. The lowest BCUT2D eigenvalue weighted by atomic mass is 9.63. The van der Waals surface area contributed by atoms with Crippen molar-refractivity contribution in [2.45, 2.75) is 47.0 Å². The molecule has 2 heteroatoms. The topological polar surface area (TPSA) is 34.1 Å². The fraction of sp³-hybridized carbons (Fsp3) is 0.600. The average molecular weight is 298 g/mol. The molecular formula is C20H26O2. The number of Topliss-reactive ketones (excluding diaryl/α,β-unsaturated/α-hetero) is 2. The van der Waals surface area contributed by atoms with Crippen LogP contribution in [0, 0.1) is 29.6 Å². The van der Waals surface area contributed by atoms with Crippen molar-refractivity contribution in [3.05, 3.63) is 34.9 Å². The molecule has 3 unspecified atom stereocenters.